The maximum atomic E-state index is 11.8. The number of ether oxygens (including phenoxy) is 1. The van der Waals surface area contributed by atoms with E-state index in [9.17, 15) is 9.59 Å². The average Bonchev–Trinajstić information content (AvgIpc) is 2.72. The number of hydrogen-bond donors (Lipinski definition) is 1. The number of fused-ring (bicyclic) bond motifs is 1. The quantitative estimate of drug-likeness (QED) is 0.788. The highest BCUT2D eigenvalue weighted by Gasteiger charge is 2.19. The summed E-state index contributed by atoms with van der Waals surface area (Å²) in [6, 6.07) is 0. The number of primary amides is 1. The molecular weight excluding hydrogens is 236 g/mol. The van der Waals surface area contributed by atoms with Crippen LogP contribution in [0.4, 0.5) is 0 Å². The van der Waals surface area contributed by atoms with E-state index in [0.29, 0.717) is 5.56 Å². The Kier molecular flexibility index (Phi) is 2.97. The molecule has 0 aliphatic carbocycles. The highest BCUT2D eigenvalue weighted by atomic mass is 16.5. The first kappa shape index (κ1) is 12.0. The predicted octanol–water partition coefficient (Wildman–Crippen LogP) is 0.313. The van der Waals surface area contributed by atoms with Gasteiger partial charge in [-0.2, -0.15) is 5.10 Å². The van der Waals surface area contributed by atoms with Crippen LogP contribution < -0.4 is 5.73 Å². The van der Waals surface area contributed by atoms with E-state index in [1.54, 1.807) is 13.8 Å². The second-order valence-corrected chi connectivity index (χ2v) is 3.67. The van der Waals surface area contributed by atoms with Crippen molar-refractivity contribution in [2.24, 2.45) is 5.73 Å². The third-order valence-electron chi connectivity index (χ3n) is 2.44. The number of carbonyl (C=O) groups excluding carboxylic acids is 2. The van der Waals surface area contributed by atoms with Crippen LogP contribution in [0.3, 0.4) is 0 Å². The van der Waals surface area contributed by atoms with E-state index in [2.05, 4.69) is 10.1 Å². The number of amides is 1. The molecule has 1 amide bonds. The van der Waals surface area contributed by atoms with Gasteiger partial charge in [0, 0.05) is 11.8 Å². The van der Waals surface area contributed by atoms with E-state index in [1.807, 2.05) is 0 Å². The molecule has 0 spiro atoms. The molecule has 2 heterocycles. The van der Waals surface area contributed by atoms with Gasteiger partial charge in [-0.15, -0.1) is 0 Å². The molecule has 0 aromatic carbocycles. The predicted molar refractivity (Wildman–Crippen MR) is 62.2 cm³/mol. The number of carbonyl (C=O) groups is 2. The number of nitrogens with two attached hydrogens (primary N) is 1. The van der Waals surface area contributed by atoms with Gasteiger partial charge < -0.3 is 10.5 Å². The summed E-state index contributed by atoms with van der Waals surface area (Å²) in [4.78, 5) is 27.1. The minimum absolute atomic E-state index is 0.167. The van der Waals surface area contributed by atoms with Gasteiger partial charge in [0.25, 0.3) is 5.91 Å². The SMILES string of the molecule is CCOC(=O)c1c(C)cnc2c(C(N)=O)cnn12. The van der Waals surface area contributed by atoms with Gasteiger partial charge in [-0.1, -0.05) is 0 Å². The molecule has 0 bridgehead atoms. The number of nitrogens with zero attached hydrogens (tertiary/aromatic N) is 3. The van der Waals surface area contributed by atoms with Crippen LogP contribution in [0.5, 0.6) is 0 Å². The van der Waals surface area contributed by atoms with E-state index < -0.39 is 11.9 Å². The molecule has 7 nitrogen and oxygen atoms in total. The Morgan fingerprint density at radius 3 is 2.78 bits per heavy atom. The first-order valence-corrected chi connectivity index (χ1v) is 5.36. The summed E-state index contributed by atoms with van der Waals surface area (Å²) >= 11 is 0. The van der Waals surface area contributed by atoms with Gasteiger partial charge in [0.1, 0.15) is 5.56 Å². The standard InChI is InChI=1S/C11H12N4O3/c1-3-18-11(17)8-6(2)4-13-10-7(9(12)16)5-14-15(8)10/h4-5H,3H2,1-2H3,(H2,12,16). The van der Waals surface area contributed by atoms with Crippen molar-refractivity contribution in [1.29, 1.82) is 0 Å². The number of hydrogen-bond acceptors (Lipinski definition) is 5. The second kappa shape index (κ2) is 4.44. The van der Waals surface area contributed by atoms with Gasteiger partial charge >= 0.3 is 5.97 Å². The van der Waals surface area contributed by atoms with Gasteiger partial charge in [-0.05, 0) is 13.8 Å². The molecule has 0 fully saturated rings. The van der Waals surface area contributed by atoms with E-state index in [4.69, 9.17) is 10.5 Å². The van der Waals surface area contributed by atoms with Crippen molar-refractivity contribution in [3.63, 3.8) is 0 Å². The molecule has 7 heteroatoms. The van der Waals surface area contributed by atoms with Crippen LogP contribution in [-0.4, -0.2) is 33.1 Å². The normalized spacial score (nSPS) is 10.6. The van der Waals surface area contributed by atoms with Gasteiger partial charge in [0.15, 0.2) is 11.3 Å². The zero-order valence-electron chi connectivity index (χ0n) is 10.0. The van der Waals surface area contributed by atoms with Crippen LogP contribution in [0.25, 0.3) is 5.65 Å². The lowest BCUT2D eigenvalue weighted by molar-refractivity contribution is 0.0514. The maximum absolute atomic E-state index is 11.8. The fourth-order valence-electron chi connectivity index (χ4n) is 1.64. The zero-order chi connectivity index (χ0) is 13.3. The molecule has 0 aliphatic heterocycles. The van der Waals surface area contributed by atoms with Crippen LogP contribution in [-0.2, 0) is 4.74 Å². The Balaban J connectivity index is 2.68. The van der Waals surface area contributed by atoms with Crippen molar-refractivity contribution < 1.29 is 14.3 Å². The van der Waals surface area contributed by atoms with Crippen molar-refractivity contribution in [3.05, 3.63) is 29.2 Å². The van der Waals surface area contributed by atoms with Crippen molar-refractivity contribution >= 4 is 17.5 Å². The summed E-state index contributed by atoms with van der Waals surface area (Å²) in [6.07, 6.45) is 2.77. The summed E-state index contributed by atoms with van der Waals surface area (Å²) in [5.41, 5.74) is 6.47. The van der Waals surface area contributed by atoms with Crippen molar-refractivity contribution in [2.45, 2.75) is 13.8 Å². The molecule has 2 aromatic rings. The molecule has 2 rings (SSSR count). The molecule has 2 N–H and O–H groups in total. The molecule has 0 radical (unpaired) electrons. The Morgan fingerprint density at radius 2 is 2.17 bits per heavy atom. The third kappa shape index (κ3) is 1.79. The first-order chi connectivity index (χ1) is 8.56. The van der Waals surface area contributed by atoms with E-state index in [1.165, 1.54) is 16.9 Å². The molecule has 0 saturated carbocycles. The minimum Gasteiger partial charge on any atom is -0.461 e. The smallest absolute Gasteiger partial charge is 0.357 e. The number of aryl methyl sites for hydroxylation is 1. The topological polar surface area (TPSA) is 99.6 Å². The largest absolute Gasteiger partial charge is 0.461 e. The fourth-order valence-corrected chi connectivity index (χ4v) is 1.64. The van der Waals surface area contributed by atoms with E-state index in [0.717, 1.165) is 0 Å². The minimum atomic E-state index is -0.642. The van der Waals surface area contributed by atoms with Gasteiger partial charge in [-0.3, -0.25) is 4.79 Å². The first-order valence-electron chi connectivity index (χ1n) is 5.36. The highest BCUT2D eigenvalue weighted by molar-refractivity contribution is 5.99. The van der Waals surface area contributed by atoms with Crippen LogP contribution >= 0.6 is 0 Å². The lowest BCUT2D eigenvalue weighted by atomic mass is 10.2. The van der Waals surface area contributed by atoms with E-state index in [-0.39, 0.29) is 23.5 Å². The average molecular weight is 248 g/mol. The molecule has 0 unspecified atom stereocenters. The Labute approximate surface area is 103 Å². The van der Waals surface area contributed by atoms with Gasteiger partial charge in [0.05, 0.1) is 12.8 Å². The van der Waals surface area contributed by atoms with E-state index >= 15 is 0 Å². The lowest BCUT2D eigenvalue weighted by Crippen LogP contribution is -2.15. The lowest BCUT2D eigenvalue weighted by Gasteiger charge is -2.07. The van der Waals surface area contributed by atoms with Crippen LogP contribution in [0.1, 0.15) is 33.3 Å². The number of aromatic nitrogens is 3. The summed E-state index contributed by atoms with van der Waals surface area (Å²) < 4.78 is 6.21. The Bertz CT molecular complexity index is 632. The molecule has 0 aliphatic rings. The Hall–Kier alpha value is -2.44. The number of esters is 1. The number of rotatable bonds is 3. The van der Waals surface area contributed by atoms with Crippen molar-refractivity contribution in [2.75, 3.05) is 6.61 Å². The van der Waals surface area contributed by atoms with Crippen LogP contribution in [0.15, 0.2) is 12.4 Å². The summed E-state index contributed by atoms with van der Waals surface area (Å²) in [5.74, 6) is -1.15. The third-order valence-corrected chi connectivity index (χ3v) is 2.44. The molecular formula is C11H12N4O3. The molecule has 2 aromatic heterocycles. The summed E-state index contributed by atoms with van der Waals surface area (Å²) in [5, 5.41) is 3.96. The molecule has 18 heavy (non-hydrogen) atoms. The fraction of sp³-hybridized carbons (Fsp3) is 0.273. The van der Waals surface area contributed by atoms with Crippen LogP contribution in [0, 0.1) is 6.92 Å². The highest BCUT2D eigenvalue weighted by Crippen LogP contribution is 2.14. The van der Waals surface area contributed by atoms with Crippen molar-refractivity contribution in [3.8, 4) is 0 Å². The molecule has 94 valence electrons. The van der Waals surface area contributed by atoms with Gasteiger partial charge in [0.2, 0.25) is 0 Å². The van der Waals surface area contributed by atoms with Crippen LogP contribution in [0.2, 0.25) is 0 Å². The zero-order valence-corrected chi connectivity index (χ0v) is 10.0. The van der Waals surface area contributed by atoms with Crippen molar-refractivity contribution in [1.82, 2.24) is 14.6 Å². The maximum Gasteiger partial charge on any atom is 0.357 e. The second-order valence-electron chi connectivity index (χ2n) is 3.67. The summed E-state index contributed by atoms with van der Waals surface area (Å²) in [6.45, 7) is 3.68. The monoisotopic (exact) mass is 248 g/mol. The molecule has 0 saturated heterocycles. The molecule has 0 atom stereocenters. The summed E-state index contributed by atoms with van der Waals surface area (Å²) in [7, 11) is 0. The van der Waals surface area contributed by atoms with Gasteiger partial charge in [-0.25, -0.2) is 14.3 Å². The Morgan fingerprint density at radius 1 is 1.44 bits per heavy atom.